The summed E-state index contributed by atoms with van der Waals surface area (Å²) in [5, 5.41) is 2.88. The van der Waals surface area contributed by atoms with Crippen molar-refractivity contribution in [2.75, 3.05) is 37.5 Å². The van der Waals surface area contributed by atoms with Crippen molar-refractivity contribution in [2.24, 2.45) is 0 Å². The number of nitrogen functional groups attached to an aromatic ring is 1. The maximum atomic E-state index is 12.3. The Morgan fingerprint density at radius 3 is 3.00 bits per heavy atom. The van der Waals surface area contributed by atoms with Crippen LogP contribution in [0.25, 0.3) is 0 Å². The fourth-order valence-corrected chi connectivity index (χ4v) is 2.22. The Balaban J connectivity index is 2.28. The van der Waals surface area contributed by atoms with Crippen LogP contribution in [-0.2, 0) is 9.53 Å². The van der Waals surface area contributed by atoms with Crippen LogP contribution in [0.5, 0.6) is 5.88 Å². The van der Waals surface area contributed by atoms with Crippen molar-refractivity contribution in [3.63, 3.8) is 0 Å². The maximum Gasteiger partial charge on any atom is 0.245 e. The summed E-state index contributed by atoms with van der Waals surface area (Å²) in [7, 11) is 1.49. The van der Waals surface area contributed by atoms with Crippen molar-refractivity contribution in [1.29, 1.82) is 0 Å². The Morgan fingerprint density at radius 2 is 2.33 bits per heavy atom. The fraction of sp³-hybridized carbons (Fsp3) is 0.615. The van der Waals surface area contributed by atoms with E-state index < -0.39 is 6.04 Å². The van der Waals surface area contributed by atoms with Gasteiger partial charge in [-0.1, -0.05) is 0 Å². The van der Waals surface area contributed by atoms with Gasteiger partial charge in [0.2, 0.25) is 11.8 Å². The summed E-state index contributed by atoms with van der Waals surface area (Å²) in [6.07, 6.45) is 1.37. The molecule has 116 valence electrons. The molecule has 2 heterocycles. The molecular formula is C13H21N5O3. The molecule has 1 fully saturated rings. The quantitative estimate of drug-likeness (QED) is 0.792. The van der Waals surface area contributed by atoms with E-state index in [1.807, 2.05) is 18.7 Å². The van der Waals surface area contributed by atoms with Crippen molar-refractivity contribution < 1.29 is 14.3 Å². The molecule has 1 unspecified atom stereocenters. The first-order valence-corrected chi connectivity index (χ1v) is 6.83. The molecule has 1 atom stereocenters. The number of nitrogens with two attached hydrogens (primary N) is 1. The van der Waals surface area contributed by atoms with Crippen LogP contribution in [0.4, 0.5) is 11.5 Å². The van der Waals surface area contributed by atoms with Crippen molar-refractivity contribution in [3.05, 3.63) is 6.33 Å². The predicted octanol–water partition coefficient (Wildman–Crippen LogP) is -0.203. The number of aromatic nitrogens is 2. The van der Waals surface area contributed by atoms with Gasteiger partial charge in [-0.15, -0.1) is 0 Å². The van der Waals surface area contributed by atoms with Gasteiger partial charge in [-0.25, -0.2) is 4.98 Å². The topological polar surface area (TPSA) is 103 Å². The highest BCUT2D eigenvalue weighted by atomic mass is 16.5. The second-order valence-corrected chi connectivity index (χ2v) is 5.07. The van der Waals surface area contributed by atoms with Crippen LogP contribution in [-0.4, -0.2) is 54.8 Å². The van der Waals surface area contributed by atoms with Gasteiger partial charge in [0.05, 0.1) is 20.3 Å². The first-order chi connectivity index (χ1) is 10.0. The highest BCUT2D eigenvalue weighted by Gasteiger charge is 2.32. The first kappa shape index (κ1) is 15.3. The van der Waals surface area contributed by atoms with Gasteiger partial charge in [-0.05, 0) is 13.8 Å². The maximum absolute atomic E-state index is 12.3. The number of hydrogen-bond donors (Lipinski definition) is 2. The van der Waals surface area contributed by atoms with E-state index in [9.17, 15) is 4.79 Å². The number of hydrogen-bond acceptors (Lipinski definition) is 7. The molecule has 8 nitrogen and oxygen atoms in total. The van der Waals surface area contributed by atoms with E-state index >= 15 is 0 Å². The average molecular weight is 295 g/mol. The number of anilines is 2. The minimum absolute atomic E-state index is 0.0542. The second kappa shape index (κ2) is 6.57. The summed E-state index contributed by atoms with van der Waals surface area (Å²) in [4.78, 5) is 22.3. The zero-order chi connectivity index (χ0) is 15.4. The number of amides is 1. The number of methoxy groups -OCH3 is 1. The van der Waals surface area contributed by atoms with E-state index in [0.29, 0.717) is 37.1 Å². The number of nitrogens with zero attached hydrogens (tertiary/aromatic N) is 3. The molecule has 1 aromatic rings. The average Bonchev–Trinajstić information content (AvgIpc) is 2.47. The number of ether oxygens (including phenoxy) is 2. The minimum Gasteiger partial charge on any atom is -0.479 e. The second-order valence-electron chi connectivity index (χ2n) is 5.07. The Bertz CT molecular complexity index is 509. The summed E-state index contributed by atoms with van der Waals surface area (Å²) in [5.74, 6) is 0.685. The molecule has 0 saturated carbocycles. The molecule has 1 aliphatic heterocycles. The molecule has 0 aromatic carbocycles. The molecule has 1 amide bonds. The number of nitrogens with one attached hydrogen (secondary N) is 1. The van der Waals surface area contributed by atoms with E-state index in [4.69, 9.17) is 15.2 Å². The van der Waals surface area contributed by atoms with Crippen LogP contribution in [0.15, 0.2) is 6.33 Å². The van der Waals surface area contributed by atoms with E-state index in [2.05, 4.69) is 15.3 Å². The Hall–Kier alpha value is -2.09. The van der Waals surface area contributed by atoms with Crippen LogP contribution in [0.1, 0.15) is 13.8 Å². The van der Waals surface area contributed by atoms with Gasteiger partial charge in [0.25, 0.3) is 0 Å². The lowest BCUT2D eigenvalue weighted by molar-refractivity contribution is -0.125. The van der Waals surface area contributed by atoms with Gasteiger partial charge < -0.3 is 25.4 Å². The number of carbonyl (C=O) groups excluding carboxylic acids is 1. The van der Waals surface area contributed by atoms with Crippen LogP contribution in [0, 0.1) is 0 Å². The van der Waals surface area contributed by atoms with Gasteiger partial charge in [0.15, 0.2) is 5.82 Å². The van der Waals surface area contributed by atoms with Crippen molar-refractivity contribution in [1.82, 2.24) is 15.3 Å². The zero-order valence-electron chi connectivity index (χ0n) is 12.5. The van der Waals surface area contributed by atoms with Crippen LogP contribution < -0.4 is 20.7 Å². The molecule has 1 aromatic heterocycles. The lowest BCUT2D eigenvalue weighted by Crippen LogP contribution is -2.55. The summed E-state index contributed by atoms with van der Waals surface area (Å²) < 4.78 is 10.5. The fourth-order valence-electron chi connectivity index (χ4n) is 2.22. The molecule has 1 aliphatic rings. The number of morpholine rings is 1. The van der Waals surface area contributed by atoms with Crippen molar-refractivity contribution >= 4 is 17.4 Å². The number of carbonyl (C=O) groups is 1. The van der Waals surface area contributed by atoms with E-state index in [0.717, 1.165) is 0 Å². The Morgan fingerprint density at radius 1 is 1.57 bits per heavy atom. The summed E-state index contributed by atoms with van der Waals surface area (Å²) in [6.45, 7) is 5.16. The SMILES string of the molecule is COc1ncnc(N2CCOCC2C(=O)NC(C)C)c1N. The summed E-state index contributed by atoms with van der Waals surface area (Å²) in [5.41, 5.74) is 6.35. The third kappa shape index (κ3) is 3.33. The number of rotatable bonds is 4. The van der Waals surface area contributed by atoms with Crippen LogP contribution in [0.2, 0.25) is 0 Å². The lowest BCUT2D eigenvalue weighted by Gasteiger charge is -2.36. The van der Waals surface area contributed by atoms with Crippen LogP contribution in [0.3, 0.4) is 0 Å². The summed E-state index contributed by atoms with van der Waals surface area (Å²) >= 11 is 0. The molecule has 21 heavy (non-hydrogen) atoms. The lowest BCUT2D eigenvalue weighted by atomic mass is 10.2. The van der Waals surface area contributed by atoms with Crippen LogP contribution >= 0.6 is 0 Å². The molecular weight excluding hydrogens is 274 g/mol. The predicted molar refractivity (Wildman–Crippen MR) is 78.2 cm³/mol. The minimum atomic E-state index is -0.469. The smallest absolute Gasteiger partial charge is 0.245 e. The molecule has 8 heteroatoms. The van der Waals surface area contributed by atoms with Gasteiger partial charge in [-0.2, -0.15) is 4.98 Å². The zero-order valence-corrected chi connectivity index (χ0v) is 12.5. The van der Waals surface area contributed by atoms with E-state index in [1.54, 1.807) is 0 Å². The molecule has 1 saturated heterocycles. The Kier molecular flexibility index (Phi) is 4.79. The van der Waals surface area contributed by atoms with E-state index in [-0.39, 0.29) is 11.9 Å². The van der Waals surface area contributed by atoms with Gasteiger partial charge in [0, 0.05) is 12.6 Å². The molecule has 2 rings (SSSR count). The largest absolute Gasteiger partial charge is 0.479 e. The monoisotopic (exact) mass is 295 g/mol. The van der Waals surface area contributed by atoms with Gasteiger partial charge in [-0.3, -0.25) is 4.79 Å². The third-order valence-corrected chi connectivity index (χ3v) is 3.15. The molecule has 0 spiro atoms. The Labute approximate surface area is 123 Å². The molecule has 0 bridgehead atoms. The molecule has 3 N–H and O–H groups in total. The molecule has 0 radical (unpaired) electrons. The van der Waals surface area contributed by atoms with Gasteiger partial charge >= 0.3 is 0 Å². The van der Waals surface area contributed by atoms with Crippen molar-refractivity contribution in [3.8, 4) is 5.88 Å². The highest BCUT2D eigenvalue weighted by Crippen LogP contribution is 2.29. The first-order valence-electron chi connectivity index (χ1n) is 6.83. The van der Waals surface area contributed by atoms with Crippen molar-refractivity contribution in [2.45, 2.75) is 25.9 Å². The normalized spacial score (nSPS) is 18.7. The highest BCUT2D eigenvalue weighted by molar-refractivity contribution is 5.87. The third-order valence-electron chi connectivity index (χ3n) is 3.15. The van der Waals surface area contributed by atoms with E-state index in [1.165, 1.54) is 13.4 Å². The van der Waals surface area contributed by atoms with Gasteiger partial charge in [0.1, 0.15) is 18.1 Å². The standard InChI is InChI=1S/C13H21N5O3/c1-8(2)17-12(19)9-6-21-5-4-18(9)11-10(14)13(20-3)16-7-15-11/h7-9H,4-6,14H2,1-3H3,(H,17,19). The summed E-state index contributed by atoms with van der Waals surface area (Å²) in [6, 6.07) is -0.415. The molecule has 0 aliphatic carbocycles.